The van der Waals surface area contributed by atoms with Crippen molar-refractivity contribution in [1.29, 1.82) is 0 Å². The SMILES string of the molecule is CNc1cc(-c2cn([C@H]3C[C@@H](O)C3)c3ncccc23)nc2c(C(=O)N[C@H]3CC[C@@H]3OC)cnn12. The Labute approximate surface area is 196 Å². The van der Waals surface area contributed by atoms with Crippen LogP contribution in [-0.2, 0) is 4.74 Å². The fourth-order valence-electron chi connectivity index (χ4n) is 4.95. The highest BCUT2D eigenvalue weighted by molar-refractivity contribution is 6.01. The van der Waals surface area contributed by atoms with Gasteiger partial charge in [0, 0.05) is 49.6 Å². The van der Waals surface area contributed by atoms with Gasteiger partial charge in [0.05, 0.1) is 30.1 Å². The van der Waals surface area contributed by atoms with Crippen molar-refractivity contribution >= 4 is 28.4 Å². The molecule has 176 valence electrons. The third-order valence-corrected chi connectivity index (χ3v) is 7.15. The van der Waals surface area contributed by atoms with Crippen LogP contribution in [-0.4, -0.2) is 67.6 Å². The number of methoxy groups -OCH3 is 1. The lowest BCUT2D eigenvalue weighted by Crippen LogP contribution is -2.51. The number of carbonyl (C=O) groups is 1. The summed E-state index contributed by atoms with van der Waals surface area (Å²) in [4.78, 5) is 22.6. The van der Waals surface area contributed by atoms with E-state index in [4.69, 9.17) is 9.72 Å². The number of aliphatic hydroxyl groups excluding tert-OH is 1. The molecule has 1 amide bonds. The van der Waals surface area contributed by atoms with Crippen LogP contribution in [0.25, 0.3) is 27.9 Å². The third kappa shape index (κ3) is 3.24. The van der Waals surface area contributed by atoms with Crippen molar-refractivity contribution in [3.8, 4) is 11.3 Å². The molecule has 4 aromatic rings. The van der Waals surface area contributed by atoms with Crippen LogP contribution in [0.5, 0.6) is 0 Å². The van der Waals surface area contributed by atoms with Crippen molar-refractivity contribution in [3.63, 3.8) is 0 Å². The first kappa shape index (κ1) is 21.1. The molecule has 4 heterocycles. The second kappa shape index (κ2) is 8.07. The second-order valence-electron chi connectivity index (χ2n) is 9.11. The lowest BCUT2D eigenvalue weighted by Gasteiger charge is -2.35. The van der Waals surface area contributed by atoms with Gasteiger partial charge in [-0.15, -0.1) is 0 Å². The van der Waals surface area contributed by atoms with Gasteiger partial charge in [-0.2, -0.15) is 9.61 Å². The summed E-state index contributed by atoms with van der Waals surface area (Å²) in [5.74, 6) is 0.516. The Morgan fingerprint density at radius 2 is 2.12 bits per heavy atom. The van der Waals surface area contributed by atoms with Crippen molar-refractivity contribution in [2.45, 2.75) is 50.0 Å². The average molecular weight is 462 g/mol. The molecule has 2 atom stereocenters. The van der Waals surface area contributed by atoms with Crippen LogP contribution in [0.3, 0.4) is 0 Å². The minimum Gasteiger partial charge on any atom is -0.393 e. The van der Waals surface area contributed by atoms with Crippen molar-refractivity contribution in [2.24, 2.45) is 0 Å². The van der Waals surface area contributed by atoms with E-state index in [0.717, 1.165) is 41.0 Å². The Morgan fingerprint density at radius 1 is 1.26 bits per heavy atom. The Kier molecular flexibility index (Phi) is 5.00. The summed E-state index contributed by atoms with van der Waals surface area (Å²) in [5.41, 5.74) is 3.42. The topological polar surface area (TPSA) is 119 Å². The minimum absolute atomic E-state index is 0.00119. The highest BCUT2D eigenvalue weighted by atomic mass is 16.5. The number of ether oxygens (including phenoxy) is 1. The van der Waals surface area contributed by atoms with Gasteiger partial charge in [-0.1, -0.05) is 0 Å². The average Bonchev–Trinajstić information content (AvgIpc) is 3.41. The molecule has 2 fully saturated rings. The number of carbonyl (C=O) groups excluding carboxylic acids is 1. The van der Waals surface area contributed by atoms with Crippen molar-refractivity contribution in [1.82, 2.24) is 29.5 Å². The van der Waals surface area contributed by atoms with E-state index in [2.05, 4.69) is 31.5 Å². The summed E-state index contributed by atoms with van der Waals surface area (Å²) in [6.45, 7) is 0. The number of fused-ring (bicyclic) bond motifs is 2. The fraction of sp³-hybridized carbons (Fsp3) is 0.417. The molecule has 2 aliphatic rings. The Hall–Kier alpha value is -3.50. The number of aromatic nitrogens is 5. The Bertz CT molecular complexity index is 1390. The van der Waals surface area contributed by atoms with Gasteiger partial charge in [0.15, 0.2) is 5.65 Å². The molecule has 3 N–H and O–H groups in total. The molecule has 0 unspecified atom stereocenters. The van der Waals surface area contributed by atoms with E-state index < -0.39 is 0 Å². The molecule has 10 nitrogen and oxygen atoms in total. The molecule has 2 aliphatic carbocycles. The van der Waals surface area contributed by atoms with Gasteiger partial charge in [-0.05, 0) is 37.8 Å². The molecule has 0 saturated heterocycles. The van der Waals surface area contributed by atoms with Gasteiger partial charge in [0.2, 0.25) is 0 Å². The molecule has 10 heteroatoms. The maximum atomic E-state index is 13.1. The maximum Gasteiger partial charge on any atom is 0.257 e. The molecular formula is C24H27N7O3. The van der Waals surface area contributed by atoms with E-state index in [0.29, 0.717) is 24.1 Å². The van der Waals surface area contributed by atoms with E-state index in [1.54, 1.807) is 24.0 Å². The minimum atomic E-state index is -0.263. The molecule has 2 saturated carbocycles. The summed E-state index contributed by atoms with van der Waals surface area (Å²) in [5, 5.41) is 21.5. The molecule has 0 aliphatic heterocycles. The number of pyridine rings is 1. The van der Waals surface area contributed by atoms with Gasteiger partial charge in [0.1, 0.15) is 17.0 Å². The van der Waals surface area contributed by atoms with Crippen LogP contribution < -0.4 is 10.6 Å². The molecule has 0 spiro atoms. The van der Waals surface area contributed by atoms with E-state index in [-0.39, 0.29) is 30.2 Å². The predicted octanol–water partition coefficient (Wildman–Crippen LogP) is 2.39. The van der Waals surface area contributed by atoms with Crippen LogP contribution in [0.4, 0.5) is 5.82 Å². The van der Waals surface area contributed by atoms with Crippen LogP contribution in [0.1, 0.15) is 42.1 Å². The lowest BCUT2D eigenvalue weighted by atomic mass is 9.89. The first-order valence-corrected chi connectivity index (χ1v) is 11.6. The number of aliphatic hydroxyl groups is 1. The van der Waals surface area contributed by atoms with Gasteiger partial charge in [0.25, 0.3) is 5.91 Å². The van der Waals surface area contributed by atoms with Gasteiger partial charge in [-0.3, -0.25) is 4.79 Å². The summed E-state index contributed by atoms with van der Waals surface area (Å²) >= 11 is 0. The number of hydrogen-bond acceptors (Lipinski definition) is 7. The van der Waals surface area contributed by atoms with E-state index in [9.17, 15) is 9.90 Å². The molecule has 0 radical (unpaired) electrons. The fourth-order valence-corrected chi connectivity index (χ4v) is 4.95. The number of nitrogens with zero attached hydrogens (tertiary/aromatic N) is 5. The van der Waals surface area contributed by atoms with Gasteiger partial charge >= 0.3 is 0 Å². The molecular weight excluding hydrogens is 434 g/mol. The number of amides is 1. The van der Waals surface area contributed by atoms with Crippen molar-refractivity contribution < 1.29 is 14.6 Å². The molecule has 4 aromatic heterocycles. The Morgan fingerprint density at radius 3 is 2.82 bits per heavy atom. The molecule has 34 heavy (non-hydrogen) atoms. The van der Waals surface area contributed by atoms with E-state index >= 15 is 0 Å². The summed E-state index contributed by atoms with van der Waals surface area (Å²) in [6.07, 6.45) is 8.44. The first-order chi connectivity index (χ1) is 16.6. The summed E-state index contributed by atoms with van der Waals surface area (Å²) < 4.78 is 9.19. The molecule has 0 aromatic carbocycles. The predicted molar refractivity (Wildman–Crippen MR) is 127 cm³/mol. The highest BCUT2D eigenvalue weighted by Gasteiger charge is 2.33. The van der Waals surface area contributed by atoms with Crippen LogP contribution in [0.15, 0.2) is 36.8 Å². The van der Waals surface area contributed by atoms with Crippen molar-refractivity contribution in [2.75, 3.05) is 19.5 Å². The third-order valence-electron chi connectivity index (χ3n) is 7.15. The second-order valence-corrected chi connectivity index (χ2v) is 9.11. The van der Waals surface area contributed by atoms with Crippen LogP contribution >= 0.6 is 0 Å². The zero-order valence-electron chi connectivity index (χ0n) is 19.1. The zero-order chi connectivity index (χ0) is 23.4. The molecule has 0 bridgehead atoms. The maximum absolute atomic E-state index is 13.1. The summed E-state index contributed by atoms with van der Waals surface area (Å²) in [7, 11) is 3.49. The normalized spacial score (nSPS) is 24.1. The summed E-state index contributed by atoms with van der Waals surface area (Å²) in [6, 6.07) is 6.07. The standard InChI is InChI=1S/C24H27N7O3/c1-25-21-10-19(17-12-30(13-8-14(32)9-13)22-15(17)4-3-7-26-22)28-23-16(11-27-31(21)23)24(33)29-18-5-6-20(18)34-2/h3-4,7,10-14,18,20,25,32H,5-6,8-9H2,1-2H3,(H,29,33)/t13-,14+,18-,20-/m0/s1. The zero-order valence-corrected chi connectivity index (χ0v) is 19.1. The largest absolute Gasteiger partial charge is 0.393 e. The highest BCUT2D eigenvalue weighted by Crippen LogP contribution is 2.38. The van der Waals surface area contributed by atoms with Crippen LogP contribution in [0, 0.1) is 0 Å². The number of rotatable bonds is 6. The van der Waals surface area contributed by atoms with Gasteiger partial charge < -0.3 is 25.0 Å². The van der Waals surface area contributed by atoms with Crippen LogP contribution in [0.2, 0.25) is 0 Å². The van der Waals surface area contributed by atoms with E-state index in [1.165, 1.54) is 0 Å². The number of hydrogen-bond donors (Lipinski definition) is 3. The number of nitrogens with one attached hydrogen (secondary N) is 2. The van der Waals surface area contributed by atoms with Crippen molar-refractivity contribution in [3.05, 3.63) is 42.4 Å². The smallest absolute Gasteiger partial charge is 0.257 e. The monoisotopic (exact) mass is 461 g/mol. The number of anilines is 1. The van der Waals surface area contributed by atoms with E-state index in [1.807, 2.05) is 25.2 Å². The Balaban J connectivity index is 1.44. The van der Waals surface area contributed by atoms with Gasteiger partial charge in [-0.25, -0.2) is 9.97 Å². The molecule has 6 rings (SSSR count). The quantitative estimate of drug-likeness (QED) is 0.403. The lowest BCUT2D eigenvalue weighted by molar-refractivity contribution is 0.00732. The first-order valence-electron chi connectivity index (χ1n) is 11.6.